The fraction of sp³-hybridized carbons (Fsp3) is 0.600. The van der Waals surface area contributed by atoms with E-state index in [0.29, 0.717) is 32.1 Å². The van der Waals surface area contributed by atoms with Crippen LogP contribution in [-0.4, -0.2) is 43.3 Å². The number of alkyl halides is 1. The highest BCUT2D eigenvalue weighted by molar-refractivity contribution is 9.09. The van der Waals surface area contributed by atoms with Crippen LogP contribution < -0.4 is 5.32 Å². The predicted molar refractivity (Wildman–Crippen MR) is 64.2 cm³/mol. The molecule has 0 saturated heterocycles. The molecular weight excluding hydrogens is 292 g/mol. The van der Waals surface area contributed by atoms with Crippen LogP contribution in [0.15, 0.2) is 10.6 Å². The van der Waals surface area contributed by atoms with Crippen LogP contribution in [0.2, 0.25) is 0 Å². The molecule has 1 N–H and O–H groups in total. The summed E-state index contributed by atoms with van der Waals surface area (Å²) in [6.45, 7) is 1.84. The van der Waals surface area contributed by atoms with Crippen LogP contribution >= 0.6 is 15.9 Å². The summed E-state index contributed by atoms with van der Waals surface area (Å²) in [7, 11) is 1.55. The van der Waals surface area contributed by atoms with Gasteiger partial charge in [0, 0.05) is 25.1 Å². The van der Waals surface area contributed by atoms with Gasteiger partial charge < -0.3 is 19.3 Å². The number of carbonyl (C=O) groups excluding carboxylic acids is 1. The van der Waals surface area contributed by atoms with Crippen LogP contribution in [-0.2, 0) is 16.1 Å². The van der Waals surface area contributed by atoms with Gasteiger partial charge in [-0.15, -0.1) is 0 Å². The van der Waals surface area contributed by atoms with Crippen LogP contribution in [0.25, 0.3) is 0 Å². The molecule has 0 unspecified atom stereocenters. The molecule has 0 bridgehead atoms. The molecule has 0 aromatic carbocycles. The molecule has 1 rings (SSSR count). The molecule has 0 atom stereocenters. The second kappa shape index (κ2) is 8.21. The summed E-state index contributed by atoms with van der Waals surface area (Å²) in [6, 6.07) is 1.55. The number of aromatic nitrogens is 1. The van der Waals surface area contributed by atoms with Crippen molar-refractivity contribution in [3.63, 3.8) is 0 Å². The number of nitrogens with zero attached hydrogens (tertiary/aromatic N) is 1. The molecule has 0 saturated carbocycles. The van der Waals surface area contributed by atoms with E-state index < -0.39 is 0 Å². The van der Waals surface area contributed by atoms with Crippen molar-refractivity contribution >= 4 is 21.8 Å². The second-order valence-corrected chi connectivity index (χ2v) is 3.96. The lowest BCUT2D eigenvalue weighted by Gasteiger charge is -2.02. The quantitative estimate of drug-likeness (QED) is 0.572. The fourth-order valence-corrected chi connectivity index (χ4v) is 1.34. The van der Waals surface area contributed by atoms with E-state index in [-0.39, 0.29) is 11.6 Å². The SMILES string of the molecule is COCc1cc(C(=O)NCCOCCBr)no1. The van der Waals surface area contributed by atoms with Crippen molar-refractivity contribution in [3.05, 3.63) is 17.5 Å². The molecule has 1 aromatic heterocycles. The van der Waals surface area contributed by atoms with Gasteiger partial charge in [-0.2, -0.15) is 0 Å². The summed E-state index contributed by atoms with van der Waals surface area (Å²) in [5.41, 5.74) is 0.248. The number of hydrogen-bond acceptors (Lipinski definition) is 5. The maximum atomic E-state index is 11.6. The van der Waals surface area contributed by atoms with Crippen molar-refractivity contribution in [3.8, 4) is 0 Å². The van der Waals surface area contributed by atoms with Crippen molar-refractivity contribution < 1.29 is 18.8 Å². The Kier molecular flexibility index (Phi) is 6.83. The number of carbonyl (C=O) groups is 1. The van der Waals surface area contributed by atoms with Crippen LogP contribution in [0.3, 0.4) is 0 Å². The van der Waals surface area contributed by atoms with Crippen LogP contribution in [0, 0.1) is 0 Å². The predicted octanol–water partition coefficient (Wildman–Crippen LogP) is 0.962. The first-order valence-electron chi connectivity index (χ1n) is 5.14. The molecule has 0 fully saturated rings. The number of amides is 1. The van der Waals surface area contributed by atoms with E-state index in [1.807, 2.05) is 0 Å². The van der Waals surface area contributed by atoms with E-state index in [1.165, 1.54) is 0 Å². The Morgan fingerprint density at radius 3 is 3.12 bits per heavy atom. The molecule has 1 aromatic rings. The van der Waals surface area contributed by atoms with Crippen LogP contribution in [0.4, 0.5) is 0 Å². The first kappa shape index (κ1) is 14.1. The summed E-state index contributed by atoms with van der Waals surface area (Å²) in [4.78, 5) is 11.6. The van der Waals surface area contributed by atoms with Gasteiger partial charge in [-0.25, -0.2) is 0 Å². The Bertz CT molecular complexity index is 343. The zero-order chi connectivity index (χ0) is 12.5. The lowest BCUT2D eigenvalue weighted by Crippen LogP contribution is -2.27. The van der Waals surface area contributed by atoms with Crippen molar-refractivity contribution in [2.75, 3.05) is 32.2 Å². The van der Waals surface area contributed by atoms with E-state index in [0.717, 1.165) is 5.33 Å². The third-order valence-corrected chi connectivity index (χ3v) is 2.16. The maximum absolute atomic E-state index is 11.6. The first-order valence-corrected chi connectivity index (χ1v) is 6.26. The lowest BCUT2D eigenvalue weighted by atomic mass is 10.3. The summed E-state index contributed by atoms with van der Waals surface area (Å²) in [6.07, 6.45) is 0. The number of methoxy groups -OCH3 is 1. The Hall–Kier alpha value is -0.920. The van der Waals surface area contributed by atoms with Gasteiger partial charge >= 0.3 is 0 Å². The van der Waals surface area contributed by atoms with Gasteiger partial charge in [-0.1, -0.05) is 21.1 Å². The van der Waals surface area contributed by atoms with E-state index in [9.17, 15) is 4.79 Å². The molecule has 0 aliphatic rings. The highest BCUT2D eigenvalue weighted by Crippen LogP contribution is 2.04. The standard InChI is InChI=1S/C10H15BrN2O4/c1-15-7-8-6-9(13-17-8)10(14)12-3-5-16-4-2-11/h6H,2-5,7H2,1H3,(H,12,14). The van der Waals surface area contributed by atoms with Crippen LogP contribution in [0.1, 0.15) is 16.2 Å². The van der Waals surface area contributed by atoms with Gasteiger partial charge in [0.05, 0.1) is 13.2 Å². The van der Waals surface area contributed by atoms with Crippen molar-refractivity contribution in [1.82, 2.24) is 10.5 Å². The first-order chi connectivity index (χ1) is 8.27. The third kappa shape index (κ3) is 5.29. The van der Waals surface area contributed by atoms with Crippen molar-refractivity contribution in [1.29, 1.82) is 0 Å². The third-order valence-electron chi connectivity index (χ3n) is 1.83. The molecular formula is C10H15BrN2O4. The summed E-state index contributed by atoms with van der Waals surface area (Å²) < 4.78 is 14.9. The monoisotopic (exact) mass is 306 g/mol. The highest BCUT2D eigenvalue weighted by Gasteiger charge is 2.11. The minimum atomic E-state index is -0.279. The lowest BCUT2D eigenvalue weighted by molar-refractivity contribution is 0.0914. The Balaban J connectivity index is 2.26. The topological polar surface area (TPSA) is 73.6 Å². The minimum Gasteiger partial charge on any atom is -0.379 e. The summed E-state index contributed by atoms with van der Waals surface area (Å²) >= 11 is 3.24. The number of halogens is 1. The molecule has 0 aliphatic heterocycles. The van der Waals surface area contributed by atoms with E-state index in [1.54, 1.807) is 13.2 Å². The maximum Gasteiger partial charge on any atom is 0.273 e. The van der Waals surface area contributed by atoms with Gasteiger partial charge in [0.15, 0.2) is 11.5 Å². The average Bonchev–Trinajstić information content (AvgIpc) is 2.78. The van der Waals surface area contributed by atoms with E-state index in [2.05, 4.69) is 26.4 Å². The molecule has 17 heavy (non-hydrogen) atoms. The molecule has 0 aliphatic carbocycles. The molecule has 7 heteroatoms. The van der Waals surface area contributed by atoms with Crippen molar-refractivity contribution in [2.45, 2.75) is 6.61 Å². The normalized spacial score (nSPS) is 10.5. The van der Waals surface area contributed by atoms with Gasteiger partial charge in [0.1, 0.15) is 6.61 Å². The van der Waals surface area contributed by atoms with Crippen molar-refractivity contribution in [2.24, 2.45) is 0 Å². The number of rotatable bonds is 8. The molecule has 0 radical (unpaired) electrons. The molecule has 1 amide bonds. The zero-order valence-corrected chi connectivity index (χ0v) is 11.2. The largest absolute Gasteiger partial charge is 0.379 e. The molecule has 96 valence electrons. The molecule has 6 nitrogen and oxygen atoms in total. The summed E-state index contributed by atoms with van der Waals surface area (Å²) in [5, 5.41) is 7.09. The number of hydrogen-bond donors (Lipinski definition) is 1. The Morgan fingerprint density at radius 1 is 1.59 bits per heavy atom. The molecule has 0 spiro atoms. The van der Waals surface area contributed by atoms with E-state index in [4.69, 9.17) is 14.0 Å². The molecule has 1 heterocycles. The second-order valence-electron chi connectivity index (χ2n) is 3.17. The summed E-state index contributed by atoms with van der Waals surface area (Å²) in [5.74, 6) is 0.242. The van der Waals surface area contributed by atoms with Crippen LogP contribution in [0.5, 0.6) is 0 Å². The zero-order valence-electron chi connectivity index (χ0n) is 9.57. The fourth-order valence-electron chi connectivity index (χ4n) is 1.11. The minimum absolute atomic E-state index is 0.248. The average molecular weight is 307 g/mol. The van der Waals surface area contributed by atoms with E-state index >= 15 is 0 Å². The van der Waals surface area contributed by atoms with Gasteiger partial charge in [0.25, 0.3) is 5.91 Å². The van der Waals surface area contributed by atoms with Gasteiger partial charge in [0.2, 0.25) is 0 Å². The Morgan fingerprint density at radius 2 is 2.41 bits per heavy atom. The highest BCUT2D eigenvalue weighted by atomic mass is 79.9. The Labute approximate surface area is 108 Å². The van der Waals surface area contributed by atoms with Gasteiger partial charge in [-0.05, 0) is 0 Å². The smallest absolute Gasteiger partial charge is 0.273 e. The number of ether oxygens (including phenoxy) is 2. The number of nitrogens with one attached hydrogen (secondary N) is 1. The van der Waals surface area contributed by atoms with Gasteiger partial charge in [-0.3, -0.25) is 4.79 Å².